The van der Waals surface area contributed by atoms with Crippen molar-refractivity contribution in [1.29, 1.82) is 0 Å². The fraction of sp³-hybridized carbons (Fsp3) is 0.417. The van der Waals surface area contributed by atoms with Crippen LogP contribution >= 0.6 is 0 Å². The fourth-order valence-electron chi connectivity index (χ4n) is 1.33. The van der Waals surface area contributed by atoms with E-state index >= 15 is 0 Å². The summed E-state index contributed by atoms with van der Waals surface area (Å²) in [6.45, 7) is 5.01. The molecular weight excluding hydrogens is 188 g/mol. The third-order valence-electron chi connectivity index (χ3n) is 2.32. The molecule has 0 radical (unpaired) electrons. The van der Waals surface area contributed by atoms with Crippen molar-refractivity contribution in [3.63, 3.8) is 0 Å². The van der Waals surface area contributed by atoms with E-state index in [-0.39, 0.29) is 0 Å². The lowest BCUT2D eigenvalue weighted by Crippen LogP contribution is -2.15. The van der Waals surface area contributed by atoms with Gasteiger partial charge in [-0.2, -0.15) is 0 Å². The second kappa shape index (κ2) is 4.94. The highest BCUT2D eigenvalue weighted by molar-refractivity contribution is 5.20. The molecule has 1 aliphatic carbocycles. The van der Waals surface area contributed by atoms with E-state index in [2.05, 4.69) is 16.9 Å². The quantitative estimate of drug-likeness (QED) is 0.719. The van der Waals surface area contributed by atoms with Crippen LogP contribution in [0, 0.1) is 0 Å². The van der Waals surface area contributed by atoms with Crippen molar-refractivity contribution >= 4 is 0 Å². The summed E-state index contributed by atoms with van der Waals surface area (Å²) in [4.78, 5) is 4.12. The molecule has 1 aromatic heterocycles. The Bertz CT molecular complexity index is 334. The van der Waals surface area contributed by atoms with Gasteiger partial charge >= 0.3 is 0 Å². The Morgan fingerprint density at radius 2 is 2.47 bits per heavy atom. The minimum Gasteiger partial charge on any atom is -0.473 e. The van der Waals surface area contributed by atoms with Crippen molar-refractivity contribution < 1.29 is 4.74 Å². The van der Waals surface area contributed by atoms with Gasteiger partial charge in [-0.05, 0) is 24.5 Å². The van der Waals surface area contributed by atoms with Crippen LogP contribution in [0.1, 0.15) is 18.4 Å². The Labute approximate surface area is 90.2 Å². The summed E-state index contributed by atoms with van der Waals surface area (Å²) in [5, 5.41) is 3.45. The van der Waals surface area contributed by atoms with Gasteiger partial charge < -0.3 is 10.1 Å². The van der Waals surface area contributed by atoms with E-state index in [1.165, 1.54) is 18.4 Å². The molecule has 15 heavy (non-hydrogen) atoms. The average molecular weight is 204 g/mol. The number of rotatable bonds is 6. The van der Waals surface area contributed by atoms with Crippen LogP contribution in [0.3, 0.4) is 0 Å². The molecule has 3 nitrogen and oxygen atoms in total. The molecule has 2 rings (SSSR count). The van der Waals surface area contributed by atoms with Crippen LogP contribution in [0.4, 0.5) is 0 Å². The highest BCUT2D eigenvalue weighted by Crippen LogP contribution is 2.19. The normalized spacial score (nSPS) is 14.9. The van der Waals surface area contributed by atoms with Crippen LogP contribution in [-0.2, 0) is 6.54 Å². The SMILES string of the molecule is C=CCOc1cc(CNC2CC2)ccn1. The Morgan fingerprint density at radius 3 is 3.20 bits per heavy atom. The molecule has 0 spiro atoms. The van der Waals surface area contributed by atoms with Gasteiger partial charge in [0.25, 0.3) is 0 Å². The molecule has 0 aliphatic heterocycles. The average Bonchev–Trinajstić information content (AvgIpc) is 3.08. The summed E-state index contributed by atoms with van der Waals surface area (Å²) in [5.41, 5.74) is 1.22. The Kier molecular flexibility index (Phi) is 3.35. The standard InChI is InChI=1S/C12H16N2O/c1-2-7-15-12-8-10(5-6-13-12)9-14-11-3-4-11/h2,5-6,8,11,14H,1,3-4,7,9H2. The van der Waals surface area contributed by atoms with Gasteiger partial charge in [-0.25, -0.2) is 4.98 Å². The zero-order valence-electron chi connectivity index (χ0n) is 8.78. The maximum absolute atomic E-state index is 5.36. The lowest BCUT2D eigenvalue weighted by Gasteiger charge is -2.05. The topological polar surface area (TPSA) is 34.1 Å². The number of ether oxygens (including phenoxy) is 1. The summed E-state index contributed by atoms with van der Waals surface area (Å²) in [6.07, 6.45) is 6.12. The van der Waals surface area contributed by atoms with Gasteiger partial charge in [-0.3, -0.25) is 0 Å². The molecule has 1 saturated carbocycles. The van der Waals surface area contributed by atoms with E-state index in [0.717, 1.165) is 12.6 Å². The first-order chi connectivity index (χ1) is 7.38. The molecule has 0 aromatic carbocycles. The summed E-state index contributed by atoms with van der Waals surface area (Å²) in [6, 6.07) is 4.71. The number of nitrogens with one attached hydrogen (secondary N) is 1. The zero-order valence-corrected chi connectivity index (χ0v) is 8.78. The molecular formula is C12H16N2O. The Balaban J connectivity index is 1.88. The van der Waals surface area contributed by atoms with E-state index in [0.29, 0.717) is 12.5 Å². The molecule has 0 saturated heterocycles. The first-order valence-corrected chi connectivity index (χ1v) is 5.30. The molecule has 1 heterocycles. The summed E-state index contributed by atoms with van der Waals surface area (Å²) >= 11 is 0. The monoisotopic (exact) mass is 204 g/mol. The van der Waals surface area contributed by atoms with Crippen LogP contribution < -0.4 is 10.1 Å². The van der Waals surface area contributed by atoms with Gasteiger partial charge in [0.15, 0.2) is 0 Å². The minimum absolute atomic E-state index is 0.506. The van der Waals surface area contributed by atoms with Crippen molar-refractivity contribution in [2.45, 2.75) is 25.4 Å². The van der Waals surface area contributed by atoms with Crippen LogP contribution in [-0.4, -0.2) is 17.6 Å². The van der Waals surface area contributed by atoms with Gasteiger partial charge in [0.1, 0.15) is 6.61 Å². The maximum atomic E-state index is 5.36. The molecule has 0 amide bonds. The Hall–Kier alpha value is -1.35. The van der Waals surface area contributed by atoms with E-state index in [9.17, 15) is 0 Å². The molecule has 1 N–H and O–H groups in total. The van der Waals surface area contributed by atoms with E-state index in [1.54, 1.807) is 12.3 Å². The minimum atomic E-state index is 0.506. The highest BCUT2D eigenvalue weighted by Gasteiger charge is 2.19. The molecule has 0 atom stereocenters. The summed E-state index contributed by atoms with van der Waals surface area (Å²) in [5.74, 6) is 0.671. The highest BCUT2D eigenvalue weighted by atomic mass is 16.5. The molecule has 0 unspecified atom stereocenters. The second-order valence-electron chi connectivity index (χ2n) is 3.76. The van der Waals surface area contributed by atoms with Crippen LogP contribution in [0.5, 0.6) is 5.88 Å². The van der Waals surface area contributed by atoms with Crippen molar-refractivity contribution in [3.8, 4) is 5.88 Å². The smallest absolute Gasteiger partial charge is 0.213 e. The van der Waals surface area contributed by atoms with E-state index in [1.807, 2.05) is 12.1 Å². The summed E-state index contributed by atoms with van der Waals surface area (Å²) in [7, 11) is 0. The largest absolute Gasteiger partial charge is 0.473 e. The van der Waals surface area contributed by atoms with Crippen molar-refractivity contribution in [3.05, 3.63) is 36.5 Å². The van der Waals surface area contributed by atoms with E-state index < -0.39 is 0 Å². The summed E-state index contributed by atoms with van der Waals surface area (Å²) < 4.78 is 5.36. The van der Waals surface area contributed by atoms with Crippen LogP contribution in [0.2, 0.25) is 0 Å². The zero-order chi connectivity index (χ0) is 10.5. The predicted octanol–water partition coefficient (Wildman–Crippen LogP) is 1.90. The molecule has 3 heteroatoms. The van der Waals surface area contributed by atoms with Gasteiger partial charge in [-0.15, -0.1) is 0 Å². The first kappa shape index (κ1) is 10.2. The molecule has 1 aliphatic rings. The number of pyridine rings is 1. The number of hydrogen-bond donors (Lipinski definition) is 1. The second-order valence-corrected chi connectivity index (χ2v) is 3.76. The van der Waals surface area contributed by atoms with Crippen LogP contribution in [0.25, 0.3) is 0 Å². The van der Waals surface area contributed by atoms with Gasteiger partial charge in [0.2, 0.25) is 5.88 Å². The van der Waals surface area contributed by atoms with Gasteiger partial charge in [0.05, 0.1) is 0 Å². The van der Waals surface area contributed by atoms with Crippen LogP contribution in [0.15, 0.2) is 31.0 Å². The van der Waals surface area contributed by atoms with Gasteiger partial charge in [0, 0.05) is 24.8 Å². The number of nitrogens with zero attached hydrogens (tertiary/aromatic N) is 1. The molecule has 0 bridgehead atoms. The van der Waals surface area contributed by atoms with E-state index in [4.69, 9.17) is 4.74 Å². The lowest BCUT2D eigenvalue weighted by atomic mass is 10.2. The third kappa shape index (κ3) is 3.36. The van der Waals surface area contributed by atoms with Crippen molar-refractivity contribution in [1.82, 2.24) is 10.3 Å². The Morgan fingerprint density at radius 1 is 1.60 bits per heavy atom. The first-order valence-electron chi connectivity index (χ1n) is 5.30. The predicted molar refractivity (Wildman–Crippen MR) is 59.8 cm³/mol. The van der Waals surface area contributed by atoms with Crippen molar-refractivity contribution in [2.75, 3.05) is 6.61 Å². The van der Waals surface area contributed by atoms with Crippen molar-refractivity contribution in [2.24, 2.45) is 0 Å². The maximum Gasteiger partial charge on any atom is 0.213 e. The molecule has 1 aromatic rings. The lowest BCUT2D eigenvalue weighted by molar-refractivity contribution is 0.348. The third-order valence-corrected chi connectivity index (χ3v) is 2.32. The molecule has 80 valence electrons. The number of aromatic nitrogens is 1. The van der Waals surface area contributed by atoms with Gasteiger partial charge in [-0.1, -0.05) is 12.7 Å². The molecule has 1 fully saturated rings. The number of hydrogen-bond acceptors (Lipinski definition) is 3. The fourth-order valence-corrected chi connectivity index (χ4v) is 1.33.